The highest BCUT2D eigenvalue weighted by atomic mass is 16.1. The third-order valence-corrected chi connectivity index (χ3v) is 5.99. The Bertz CT molecular complexity index is 1270. The number of amides is 1. The Morgan fingerprint density at radius 3 is 2.82 bits per heavy atom. The van der Waals surface area contributed by atoms with E-state index in [4.69, 9.17) is 0 Å². The second kappa shape index (κ2) is 9.05. The number of carbonyl (C=O) groups excluding carboxylic acids is 1. The normalized spacial score (nSPS) is 17.3. The molecule has 4 aromatic heterocycles. The average Bonchev–Trinajstić information content (AvgIpc) is 3.24. The van der Waals surface area contributed by atoms with Crippen LogP contribution in [-0.4, -0.2) is 67.0 Å². The van der Waals surface area contributed by atoms with Gasteiger partial charge in [0.2, 0.25) is 0 Å². The first kappa shape index (κ1) is 21.2. The maximum absolute atomic E-state index is 12.9. The van der Waals surface area contributed by atoms with Crippen molar-refractivity contribution >= 4 is 17.2 Å². The number of nitrogens with zero attached hydrogens (tertiary/aromatic N) is 7. The molecule has 1 aliphatic heterocycles. The van der Waals surface area contributed by atoms with Gasteiger partial charge in [-0.15, -0.1) is 10.2 Å². The Balaban J connectivity index is 1.39. The smallest absolute Gasteiger partial charge is 0.257 e. The van der Waals surface area contributed by atoms with Gasteiger partial charge in [0.05, 0.1) is 17.3 Å². The van der Waals surface area contributed by atoms with Crippen LogP contribution in [-0.2, 0) is 6.54 Å². The lowest BCUT2D eigenvalue weighted by Gasteiger charge is -2.38. The molecule has 1 atom stereocenters. The summed E-state index contributed by atoms with van der Waals surface area (Å²) in [4.78, 5) is 26.2. The van der Waals surface area contributed by atoms with Crippen LogP contribution in [0.4, 0.5) is 5.69 Å². The Labute approximate surface area is 192 Å². The highest BCUT2D eigenvalue weighted by Gasteiger charge is 2.29. The van der Waals surface area contributed by atoms with Crippen molar-refractivity contribution in [3.63, 3.8) is 0 Å². The van der Waals surface area contributed by atoms with Crippen molar-refractivity contribution in [2.24, 2.45) is 0 Å². The van der Waals surface area contributed by atoms with Gasteiger partial charge in [-0.25, -0.2) is 0 Å². The quantitative estimate of drug-likeness (QED) is 0.508. The summed E-state index contributed by atoms with van der Waals surface area (Å²) >= 11 is 0. The molecule has 1 N–H and O–H groups in total. The summed E-state index contributed by atoms with van der Waals surface area (Å²) in [6, 6.07) is 13.3. The minimum atomic E-state index is -0.184. The second-order valence-corrected chi connectivity index (χ2v) is 8.40. The van der Waals surface area contributed by atoms with E-state index in [9.17, 15) is 4.79 Å². The summed E-state index contributed by atoms with van der Waals surface area (Å²) in [5.74, 6) is 0.642. The fraction of sp³-hybridized carbons (Fsp3) is 0.292. The minimum absolute atomic E-state index is 0.0543. The SMILES string of the molecule is Cc1cc(NC(=O)c2ccc3nnc([C@H]4CN(Cc5ccccn5)CCN4C)n3c2)ccn1. The van der Waals surface area contributed by atoms with E-state index in [0.29, 0.717) is 11.3 Å². The summed E-state index contributed by atoms with van der Waals surface area (Å²) in [7, 11) is 2.10. The van der Waals surface area contributed by atoms with Gasteiger partial charge in [-0.3, -0.25) is 29.0 Å². The van der Waals surface area contributed by atoms with Gasteiger partial charge >= 0.3 is 0 Å². The number of hydrogen-bond donors (Lipinski definition) is 1. The summed E-state index contributed by atoms with van der Waals surface area (Å²) in [5.41, 5.74) is 3.88. The van der Waals surface area contributed by atoms with Crippen molar-refractivity contribution in [2.75, 3.05) is 32.0 Å². The summed E-state index contributed by atoms with van der Waals surface area (Å²) in [6.07, 6.45) is 5.33. The molecule has 5 heterocycles. The van der Waals surface area contributed by atoms with Gasteiger partial charge in [-0.05, 0) is 50.4 Å². The first-order valence-electron chi connectivity index (χ1n) is 11.0. The standard InChI is InChI=1S/C24H26N8O/c1-17-13-19(8-10-25-17)27-24(33)18-6-7-22-28-29-23(32(22)14-18)21-16-31(12-11-30(21)2)15-20-5-3-4-9-26-20/h3-10,13-14,21H,11-12,15-16H2,1-2H3,(H,25,27,33)/t21-/m1/s1. The average molecular weight is 443 g/mol. The Morgan fingerprint density at radius 1 is 1.09 bits per heavy atom. The maximum atomic E-state index is 12.9. The Kier molecular flexibility index (Phi) is 5.80. The molecule has 1 aliphatic rings. The molecular weight excluding hydrogens is 416 g/mol. The van der Waals surface area contributed by atoms with Crippen molar-refractivity contribution < 1.29 is 4.79 Å². The number of rotatable bonds is 5. The highest BCUT2D eigenvalue weighted by molar-refractivity contribution is 6.04. The zero-order valence-corrected chi connectivity index (χ0v) is 18.7. The number of carbonyl (C=O) groups is 1. The van der Waals surface area contributed by atoms with Crippen molar-refractivity contribution in [3.05, 3.63) is 83.8 Å². The molecule has 0 spiro atoms. The van der Waals surface area contributed by atoms with Gasteiger partial charge in [-0.2, -0.15) is 0 Å². The van der Waals surface area contributed by atoms with Crippen molar-refractivity contribution in [1.82, 2.24) is 34.4 Å². The first-order valence-corrected chi connectivity index (χ1v) is 11.0. The molecule has 1 saturated heterocycles. The van der Waals surface area contributed by atoms with E-state index in [1.165, 1.54) is 0 Å². The topological polar surface area (TPSA) is 91.5 Å². The van der Waals surface area contributed by atoms with Gasteiger partial charge in [0.25, 0.3) is 5.91 Å². The van der Waals surface area contributed by atoms with Crippen LogP contribution >= 0.6 is 0 Å². The maximum Gasteiger partial charge on any atom is 0.257 e. The number of likely N-dealkylation sites (N-methyl/N-ethyl adjacent to an activating group) is 1. The summed E-state index contributed by atoms with van der Waals surface area (Å²) < 4.78 is 1.93. The third-order valence-electron chi connectivity index (χ3n) is 5.99. The van der Waals surface area contributed by atoms with E-state index < -0.39 is 0 Å². The van der Waals surface area contributed by atoms with Crippen LogP contribution in [0.2, 0.25) is 0 Å². The summed E-state index contributed by atoms with van der Waals surface area (Å²) in [6.45, 7) is 5.36. The molecule has 0 radical (unpaired) electrons. The largest absolute Gasteiger partial charge is 0.322 e. The van der Waals surface area contributed by atoms with Gasteiger partial charge in [0, 0.05) is 56.2 Å². The Hall–Kier alpha value is -3.69. The third kappa shape index (κ3) is 4.59. The molecule has 0 unspecified atom stereocenters. The van der Waals surface area contributed by atoms with Gasteiger partial charge < -0.3 is 5.32 Å². The van der Waals surface area contributed by atoms with Crippen LogP contribution < -0.4 is 5.32 Å². The van der Waals surface area contributed by atoms with Crippen LogP contribution in [0.5, 0.6) is 0 Å². The predicted molar refractivity (Wildman–Crippen MR) is 125 cm³/mol. The number of aromatic nitrogens is 5. The van der Waals surface area contributed by atoms with Gasteiger partial charge in [0.1, 0.15) is 0 Å². The van der Waals surface area contributed by atoms with Crippen molar-refractivity contribution in [3.8, 4) is 0 Å². The van der Waals surface area contributed by atoms with E-state index in [0.717, 1.165) is 49.0 Å². The van der Waals surface area contributed by atoms with E-state index in [1.807, 2.05) is 48.0 Å². The molecular formula is C24H26N8O. The van der Waals surface area contributed by atoms with E-state index in [-0.39, 0.29) is 11.9 Å². The number of aryl methyl sites for hydroxylation is 1. The number of fused-ring (bicyclic) bond motifs is 1. The molecule has 5 rings (SSSR count). The molecule has 33 heavy (non-hydrogen) atoms. The Morgan fingerprint density at radius 2 is 2.00 bits per heavy atom. The zero-order valence-electron chi connectivity index (χ0n) is 18.7. The summed E-state index contributed by atoms with van der Waals surface area (Å²) in [5, 5.41) is 11.8. The van der Waals surface area contributed by atoms with Gasteiger partial charge in [0.15, 0.2) is 11.5 Å². The molecule has 168 valence electrons. The molecule has 0 bridgehead atoms. The molecule has 0 aliphatic carbocycles. The molecule has 1 fully saturated rings. The van der Waals surface area contributed by atoms with Crippen LogP contribution in [0.3, 0.4) is 0 Å². The van der Waals surface area contributed by atoms with E-state index in [2.05, 4.69) is 48.4 Å². The monoisotopic (exact) mass is 442 g/mol. The lowest BCUT2D eigenvalue weighted by molar-refractivity contribution is 0.0844. The van der Waals surface area contributed by atoms with E-state index in [1.54, 1.807) is 18.3 Å². The number of piperazine rings is 1. The van der Waals surface area contributed by atoms with Gasteiger partial charge in [-0.1, -0.05) is 6.07 Å². The number of nitrogens with one attached hydrogen (secondary N) is 1. The second-order valence-electron chi connectivity index (χ2n) is 8.40. The van der Waals surface area contributed by atoms with Crippen LogP contribution in [0.15, 0.2) is 61.1 Å². The zero-order chi connectivity index (χ0) is 22.8. The van der Waals surface area contributed by atoms with Crippen LogP contribution in [0.25, 0.3) is 5.65 Å². The molecule has 0 saturated carbocycles. The molecule has 9 heteroatoms. The van der Waals surface area contributed by atoms with Crippen molar-refractivity contribution in [2.45, 2.75) is 19.5 Å². The minimum Gasteiger partial charge on any atom is -0.322 e. The molecule has 4 aromatic rings. The first-order chi connectivity index (χ1) is 16.1. The molecule has 0 aromatic carbocycles. The van der Waals surface area contributed by atoms with Crippen molar-refractivity contribution in [1.29, 1.82) is 0 Å². The predicted octanol–water partition coefficient (Wildman–Crippen LogP) is 2.57. The molecule has 9 nitrogen and oxygen atoms in total. The number of hydrogen-bond acceptors (Lipinski definition) is 7. The highest BCUT2D eigenvalue weighted by Crippen LogP contribution is 2.24. The lowest BCUT2D eigenvalue weighted by atomic mass is 10.1. The fourth-order valence-electron chi connectivity index (χ4n) is 4.17. The lowest BCUT2D eigenvalue weighted by Crippen LogP contribution is -2.46. The van der Waals surface area contributed by atoms with Crippen LogP contribution in [0, 0.1) is 6.92 Å². The number of anilines is 1. The van der Waals surface area contributed by atoms with E-state index >= 15 is 0 Å². The molecule has 1 amide bonds. The number of pyridine rings is 3. The fourth-order valence-corrected chi connectivity index (χ4v) is 4.17. The van der Waals surface area contributed by atoms with Crippen LogP contribution in [0.1, 0.15) is 33.6 Å².